The maximum atomic E-state index is 11.1. The van der Waals surface area contributed by atoms with Gasteiger partial charge in [0.1, 0.15) is 0 Å². The predicted octanol–water partition coefficient (Wildman–Crippen LogP) is 3.06. The largest absolute Gasteiger partial charge is 0.478 e. The molecular weight excluding hydrogens is 342 g/mol. The fourth-order valence-corrected chi connectivity index (χ4v) is 2.47. The number of rotatable bonds is 6. The number of nitrogens with zero attached hydrogens (tertiary/aromatic N) is 1. The number of likely N-dealkylation sites (tertiary alicyclic amines) is 1. The Labute approximate surface area is 163 Å². The molecule has 6 heteroatoms. The Kier molecular flexibility index (Phi) is 14.3. The van der Waals surface area contributed by atoms with Crippen LogP contribution in [0.1, 0.15) is 39.0 Å². The minimum Gasteiger partial charge on any atom is -0.478 e. The SMILES string of the molecule is C=CC1CCCCNC1=O.C=CCNC=C(C)C(=O)O.C=CN1CCCC1. The molecule has 2 aliphatic heterocycles. The van der Waals surface area contributed by atoms with Crippen molar-refractivity contribution in [2.45, 2.75) is 39.0 Å². The van der Waals surface area contributed by atoms with Crippen molar-refractivity contribution in [1.29, 1.82) is 0 Å². The Morgan fingerprint density at radius 2 is 1.93 bits per heavy atom. The van der Waals surface area contributed by atoms with Gasteiger partial charge >= 0.3 is 5.97 Å². The third-order valence-electron chi connectivity index (χ3n) is 4.18. The molecule has 2 heterocycles. The van der Waals surface area contributed by atoms with E-state index >= 15 is 0 Å². The van der Waals surface area contributed by atoms with Crippen molar-refractivity contribution < 1.29 is 14.7 Å². The van der Waals surface area contributed by atoms with Crippen molar-refractivity contribution in [3.05, 3.63) is 49.9 Å². The van der Waals surface area contributed by atoms with Crippen LogP contribution in [0.4, 0.5) is 0 Å². The Morgan fingerprint density at radius 3 is 2.41 bits per heavy atom. The van der Waals surface area contributed by atoms with E-state index in [9.17, 15) is 9.59 Å². The molecule has 2 saturated heterocycles. The van der Waals surface area contributed by atoms with Crippen LogP contribution in [0, 0.1) is 5.92 Å². The summed E-state index contributed by atoms with van der Waals surface area (Å²) in [6.45, 7) is 16.1. The average Bonchev–Trinajstić information content (AvgIpc) is 3.11. The molecule has 1 atom stereocenters. The molecule has 0 aromatic rings. The van der Waals surface area contributed by atoms with Gasteiger partial charge in [0.05, 0.1) is 5.92 Å². The quantitative estimate of drug-likeness (QED) is 0.376. The lowest BCUT2D eigenvalue weighted by Crippen LogP contribution is -2.27. The summed E-state index contributed by atoms with van der Waals surface area (Å²) in [5.74, 6) is -0.702. The maximum Gasteiger partial charge on any atom is 0.332 e. The highest BCUT2D eigenvalue weighted by molar-refractivity contribution is 5.85. The van der Waals surface area contributed by atoms with Crippen molar-refractivity contribution in [2.75, 3.05) is 26.2 Å². The number of carbonyl (C=O) groups excluding carboxylic acids is 1. The van der Waals surface area contributed by atoms with E-state index in [0.717, 1.165) is 25.8 Å². The number of amides is 1. The van der Waals surface area contributed by atoms with Crippen LogP contribution in [-0.2, 0) is 9.59 Å². The molecule has 0 radical (unpaired) electrons. The third-order valence-corrected chi connectivity index (χ3v) is 4.18. The Balaban J connectivity index is 0.000000382. The molecule has 0 saturated carbocycles. The van der Waals surface area contributed by atoms with Crippen LogP contribution in [0.3, 0.4) is 0 Å². The summed E-state index contributed by atoms with van der Waals surface area (Å²) in [6, 6.07) is 0. The molecule has 2 aliphatic rings. The van der Waals surface area contributed by atoms with Crippen LogP contribution in [-0.4, -0.2) is 48.1 Å². The zero-order chi connectivity index (χ0) is 20.5. The first-order valence-corrected chi connectivity index (χ1v) is 9.47. The highest BCUT2D eigenvalue weighted by Crippen LogP contribution is 2.12. The fourth-order valence-electron chi connectivity index (χ4n) is 2.47. The lowest BCUT2D eigenvalue weighted by atomic mass is 10.0. The standard InChI is InChI=1S/C8H13NO.C7H11NO2.C6H11N/c1-2-7-5-3-4-6-9-8(7)10;1-3-4-8-5-6(2)7(9)10;1-2-7-5-3-4-6-7/h2,7H,1,3-6H2,(H,9,10);3,5,8H,1,4H2,2H3,(H,9,10);2H,1,3-6H2. The van der Waals surface area contributed by atoms with E-state index in [1.807, 2.05) is 6.20 Å². The summed E-state index contributed by atoms with van der Waals surface area (Å²) in [5, 5.41) is 13.9. The molecule has 3 N–H and O–H groups in total. The minimum absolute atomic E-state index is 0.0579. The molecule has 27 heavy (non-hydrogen) atoms. The summed E-state index contributed by atoms with van der Waals surface area (Å²) < 4.78 is 0. The molecule has 2 fully saturated rings. The topological polar surface area (TPSA) is 81.7 Å². The number of carboxylic acid groups (broad SMARTS) is 1. The first-order valence-electron chi connectivity index (χ1n) is 9.47. The van der Waals surface area contributed by atoms with E-state index < -0.39 is 5.97 Å². The lowest BCUT2D eigenvalue weighted by molar-refractivity contribution is -0.132. The van der Waals surface area contributed by atoms with E-state index in [0.29, 0.717) is 12.1 Å². The van der Waals surface area contributed by atoms with Crippen LogP contribution < -0.4 is 10.6 Å². The molecule has 0 spiro atoms. The second kappa shape index (κ2) is 15.7. The molecule has 0 aliphatic carbocycles. The lowest BCUT2D eigenvalue weighted by Gasteiger charge is -2.07. The van der Waals surface area contributed by atoms with Crippen molar-refractivity contribution in [3.8, 4) is 0 Å². The van der Waals surface area contributed by atoms with Crippen molar-refractivity contribution in [1.82, 2.24) is 15.5 Å². The molecule has 0 bridgehead atoms. The predicted molar refractivity (Wildman–Crippen MR) is 111 cm³/mol. The summed E-state index contributed by atoms with van der Waals surface area (Å²) in [6.07, 6.45) is 12.7. The molecule has 2 rings (SSSR count). The Morgan fingerprint density at radius 1 is 1.26 bits per heavy atom. The number of hydrogen-bond donors (Lipinski definition) is 3. The summed E-state index contributed by atoms with van der Waals surface area (Å²) >= 11 is 0. The van der Waals surface area contributed by atoms with E-state index in [1.165, 1.54) is 39.1 Å². The molecule has 0 aromatic heterocycles. The number of carboxylic acids is 1. The zero-order valence-corrected chi connectivity index (χ0v) is 16.6. The van der Waals surface area contributed by atoms with E-state index in [2.05, 4.69) is 35.3 Å². The van der Waals surface area contributed by atoms with Gasteiger partial charge in [0.2, 0.25) is 5.91 Å². The normalized spacial score (nSPS) is 19.1. The van der Waals surface area contributed by atoms with Crippen molar-refractivity contribution >= 4 is 11.9 Å². The number of hydrogen-bond acceptors (Lipinski definition) is 4. The van der Waals surface area contributed by atoms with Gasteiger partial charge in [-0.25, -0.2) is 4.79 Å². The smallest absolute Gasteiger partial charge is 0.332 e. The first-order chi connectivity index (χ1) is 13.0. The molecule has 152 valence electrons. The van der Waals surface area contributed by atoms with E-state index in [1.54, 1.807) is 12.2 Å². The van der Waals surface area contributed by atoms with Crippen LogP contribution in [0.2, 0.25) is 0 Å². The van der Waals surface area contributed by atoms with Crippen LogP contribution in [0.5, 0.6) is 0 Å². The number of carbonyl (C=O) groups is 2. The highest BCUT2D eigenvalue weighted by Gasteiger charge is 2.16. The summed E-state index contributed by atoms with van der Waals surface area (Å²) in [4.78, 5) is 23.5. The van der Waals surface area contributed by atoms with Gasteiger partial charge in [-0.2, -0.15) is 0 Å². The summed E-state index contributed by atoms with van der Waals surface area (Å²) in [5.41, 5.74) is 0.293. The monoisotopic (exact) mass is 377 g/mol. The number of nitrogens with one attached hydrogen (secondary N) is 2. The van der Waals surface area contributed by atoms with E-state index in [-0.39, 0.29) is 11.8 Å². The molecule has 0 aromatic carbocycles. The van der Waals surface area contributed by atoms with Gasteiger partial charge in [-0.1, -0.05) is 25.2 Å². The fraction of sp³-hybridized carbons (Fsp3) is 0.524. The molecule has 1 unspecified atom stereocenters. The molecule has 1 amide bonds. The van der Waals surface area contributed by atoms with E-state index in [4.69, 9.17) is 5.11 Å². The second-order valence-corrected chi connectivity index (χ2v) is 6.38. The van der Waals surface area contributed by atoms with Crippen LogP contribution in [0.25, 0.3) is 0 Å². The maximum absolute atomic E-state index is 11.1. The van der Waals surface area contributed by atoms with Crippen LogP contribution in [0.15, 0.2) is 49.9 Å². The zero-order valence-electron chi connectivity index (χ0n) is 16.6. The number of aliphatic carboxylic acids is 1. The minimum atomic E-state index is -0.906. The van der Waals surface area contributed by atoms with Gasteiger partial charge in [0.25, 0.3) is 0 Å². The van der Waals surface area contributed by atoms with Gasteiger partial charge in [0.15, 0.2) is 0 Å². The van der Waals surface area contributed by atoms with Gasteiger partial charge in [0, 0.05) is 38.0 Å². The average molecular weight is 378 g/mol. The molecular formula is C21H35N3O3. The van der Waals surface area contributed by atoms with Gasteiger partial charge in [-0.15, -0.1) is 13.2 Å². The highest BCUT2D eigenvalue weighted by atomic mass is 16.4. The first kappa shape index (κ1) is 24.5. The van der Waals surface area contributed by atoms with Gasteiger partial charge in [-0.05, 0) is 38.8 Å². The Hall–Kier alpha value is -2.50. The second-order valence-electron chi connectivity index (χ2n) is 6.38. The van der Waals surface area contributed by atoms with Crippen molar-refractivity contribution in [2.24, 2.45) is 5.92 Å². The molecule has 6 nitrogen and oxygen atoms in total. The Bertz CT molecular complexity index is 509. The summed E-state index contributed by atoms with van der Waals surface area (Å²) in [7, 11) is 0. The van der Waals surface area contributed by atoms with Crippen molar-refractivity contribution in [3.63, 3.8) is 0 Å². The third kappa shape index (κ3) is 12.5. The van der Waals surface area contributed by atoms with Gasteiger partial charge in [-0.3, -0.25) is 4.79 Å². The van der Waals surface area contributed by atoms with Gasteiger partial charge < -0.3 is 20.6 Å². The van der Waals surface area contributed by atoms with Crippen LogP contribution >= 0.6 is 0 Å².